The normalized spacial score (nSPS) is 22.2. The quantitative estimate of drug-likeness (QED) is 0.115. The number of pyridine rings is 1. The van der Waals surface area contributed by atoms with Gasteiger partial charge < -0.3 is 19.2 Å². The predicted octanol–water partition coefficient (Wildman–Crippen LogP) is 6.11. The van der Waals surface area contributed by atoms with E-state index in [1.54, 1.807) is 25.4 Å². The van der Waals surface area contributed by atoms with Gasteiger partial charge in [-0.2, -0.15) is 0 Å². The van der Waals surface area contributed by atoms with E-state index in [-0.39, 0.29) is 41.4 Å². The lowest BCUT2D eigenvalue weighted by Gasteiger charge is -2.46. The van der Waals surface area contributed by atoms with Crippen LogP contribution in [-0.2, 0) is 18.7 Å². The predicted molar refractivity (Wildman–Crippen MR) is 211 cm³/mol. The van der Waals surface area contributed by atoms with Crippen molar-refractivity contribution in [1.29, 1.82) is 0 Å². The molecule has 2 N–H and O–H groups in total. The Balaban J connectivity index is 1.31. The van der Waals surface area contributed by atoms with Gasteiger partial charge in [-0.3, -0.25) is 19.5 Å². The van der Waals surface area contributed by atoms with Crippen molar-refractivity contribution in [3.05, 3.63) is 132 Å². The first-order valence-electron chi connectivity index (χ1n) is 18.5. The van der Waals surface area contributed by atoms with Crippen LogP contribution in [0.2, 0.25) is 11.4 Å². The number of amides is 2. The summed E-state index contributed by atoms with van der Waals surface area (Å²) in [5.74, 6) is -1.59. The van der Waals surface area contributed by atoms with Crippen molar-refractivity contribution < 1.29 is 28.8 Å². The van der Waals surface area contributed by atoms with Gasteiger partial charge in [0.15, 0.2) is 0 Å². The number of carbonyl (C=O) groups excluding carboxylic acids is 2. The van der Waals surface area contributed by atoms with Crippen LogP contribution < -0.4 is 10.4 Å². The van der Waals surface area contributed by atoms with Crippen LogP contribution in [0.25, 0.3) is 11.6 Å². The van der Waals surface area contributed by atoms with Crippen LogP contribution in [0.4, 0.5) is 0 Å². The van der Waals surface area contributed by atoms with Gasteiger partial charge in [0.2, 0.25) is 11.8 Å². The smallest absolute Gasteiger partial charge is 0.455 e. The highest BCUT2D eigenvalue weighted by Crippen LogP contribution is 2.51. The number of aromatic nitrogens is 1. The van der Waals surface area contributed by atoms with Crippen LogP contribution in [0, 0.1) is 17.8 Å². The van der Waals surface area contributed by atoms with Crippen molar-refractivity contribution in [1.82, 2.24) is 9.88 Å². The number of hydrogen-bond acceptors (Lipinski definition) is 7. The molecular weight excluding hydrogens is 679 g/mol. The number of likely N-dealkylation sites (tertiary alicyclic amines) is 1. The first kappa shape index (κ1) is 36.7. The minimum absolute atomic E-state index is 0.172. The lowest BCUT2D eigenvalue weighted by molar-refractivity contribution is -0.138. The Hall–Kier alpha value is -4.61. The van der Waals surface area contributed by atoms with E-state index < -0.39 is 33.4 Å². The lowest BCUT2D eigenvalue weighted by atomic mass is 9.58. The number of hydrogen-bond donors (Lipinski definition) is 2. The number of aromatic hydroxyl groups is 1. The van der Waals surface area contributed by atoms with Gasteiger partial charge >= 0.3 is 7.12 Å². The SMILES string of the molecule is CN1C(=O)[C@@H]2[C@@H](CC(CO[Si](c3ccccc3)(c3ccccc3)C(C)(C)C)=C3[C@@H](CC/C(=C/c4ccc(O)cc4)c4ccccn4)OB(O)C[C@@H]32)C1=O. The van der Waals surface area contributed by atoms with Crippen molar-refractivity contribution in [3.8, 4) is 5.75 Å². The second-order valence-electron chi connectivity index (χ2n) is 15.5. The van der Waals surface area contributed by atoms with Gasteiger partial charge in [-0.05, 0) is 99.5 Å². The minimum Gasteiger partial charge on any atom is -0.508 e. The number of fused-ring (bicyclic) bond motifs is 3. The van der Waals surface area contributed by atoms with Gasteiger partial charge in [0.05, 0.1) is 30.2 Å². The number of allylic oxidation sites excluding steroid dienone is 1. The van der Waals surface area contributed by atoms with Crippen molar-refractivity contribution in [2.24, 2.45) is 17.8 Å². The largest absolute Gasteiger partial charge is 0.508 e. The summed E-state index contributed by atoms with van der Waals surface area (Å²) in [6.45, 7) is 7.01. The fraction of sp³-hybridized carbons (Fsp3) is 0.326. The highest BCUT2D eigenvalue weighted by molar-refractivity contribution is 6.99. The molecule has 0 radical (unpaired) electrons. The molecule has 0 spiro atoms. The number of rotatable bonds is 10. The molecule has 1 aliphatic carbocycles. The Labute approximate surface area is 313 Å². The monoisotopic (exact) mass is 726 g/mol. The average molecular weight is 727 g/mol. The molecule has 2 fully saturated rings. The summed E-state index contributed by atoms with van der Waals surface area (Å²) in [6, 6.07) is 33.8. The van der Waals surface area contributed by atoms with Crippen LogP contribution in [0.15, 0.2) is 120 Å². The molecule has 2 aliphatic heterocycles. The Morgan fingerprint density at radius 1 is 0.925 bits per heavy atom. The Morgan fingerprint density at radius 3 is 2.17 bits per heavy atom. The molecule has 4 aromatic rings. The number of nitrogens with zero attached hydrogens (tertiary/aromatic N) is 2. The summed E-state index contributed by atoms with van der Waals surface area (Å²) in [7, 11) is -2.47. The Kier molecular flexibility index (Phi) is 10.4. The van der Waals surface area contributed by atoms with E-state index >= 15 is 0 Å². The number of imide groups is 1. The van der Waals surface area contributed by atoms with Crippen molar-refractivity contribution in [2.75, 3.05) is 13.7 Å². The molecule has 2 amide bonds. The third-order valence-electron chi connectivity index (χ3n) is 11.3. The van der Waals surface area contributed by atoms with Crippen LogP contribution in [-0.4, -0.2) is 67.0 Å². The van der Waals surface area contributed by atoms with E-state index in [0.717, 1.165) is 38.4 Å². The summed E-state index contributed by atoms with van der Waals surface area (Å²) in [6.07, 6.45) is 5.03. The van der Waals surface area contributed by atoms with E-state index in [0.29, 0.717) is 19.3 Å². The third-order valence-corrected chi connectivity index (χ3v) is 16.3. The minimum atomic E-state index is -2.95. The third kappa shape index (κ3) is 7.09. The van der Waals surface area contributed by atoms with Crippen molar-refractivity contribution in [3.63, 3.8) is 0 Å². The van der Waals surface area contributed by atoms with Gasteiger partial charge in [0.1, 0.15) is 5.75 Å². The van der Waals surface area contributed by atoms with E-state index in [1.165, 1.54) is 4.90 Å². The molecule has 4 atom stereocenters. The maximum Gasteiger partial charge on any atom is 0.455 e. The van der Waals surface area contributed by atoms with Gasteiger partial charge in [0.25, 0.3) is 8.32 Å². The highest BCUT2D eigenvalue weighted by Gasteiger charge is 2.57. The van der Waals surface area contributed by atoms with E-state index in [2.05, 4.69) is 80.4 Å². The molecule has 53 heavy (non-hydrogen) atoms. The first-order chi connectivity index (χ1) is 25.5. The molecule has 10 heteroatoms. The van der Waals surface area contributed by atoms with Gasteiger partial charge in [-0.1, -0.05) is 99.6 Å². The van der Waals surface area contributed by atoms with Crippen LogP contribution in [0.3, 0.4) is 0 Å². The molecule has 7 rings (SSSR count). The van der Waals surface area contributed by atoms with Crippen molar-refractivity contribution >= 4 is 49.3 Å². The fourth-order valence-electron chi connectivity index (χ4n) is 8.90. The lowest BCUT2D eigenvalue weighted by Crippen LogP contribution is -2.66. The fourth-order valence-corrected chi connectivity index (χ4v) is 13.4. The second kappa shape index (κ2) is 15.0. The second-order valence-corrected chi connectivity index (χ2v) is 19.8. The average Bonchev–Trinajstić information content (AvgIpc) is 3.38. The summed E-state index contributed by atoms with van der Waals surface area (Å²) in [4.78, 5) is 33.3. The number of benzene rings is 3. The van der Waals surface area contributed by atoms with E-state index in [9.17, 15) is 19.7 Å². The number of carbonyl (C=O) groups is 2. The molecule has 3 aliphatic rings. The van der Waals surface area contributed by atoms with Crippen molar-refractivity contribution in [2.45, 2.75) is 57.5 Å². The molecule has 2 saturated heterocycles. The summed E-state index contributed by atoms with van der Waals surface area (Å²) in [5.41, 5.74) is 4.68. The summed E-state index contributed by atoms with van der Waals surface area (Å²) in [5, 5.41) is 23.2. The van der Waals surface area contributed by atoms with Crippen LogP contribution in [0.1, 0.15) is 51.3 Å². The zero-order chi connectivity index (χ0) is 37.3. The zero-order valence-corrected chi connectivity index (χ0v) is 31.8. The Morgan fingerprint density at radius 2 is 1.57 bits per heavy atom. The van der Waals surface area contributed by atoms with Crippen LogP contribution >= 0.6 is 0 Å². The highest BCUT2D eigenvalue weighted by atomic mass is 28.4. The molecular formula is C43H47BN2O6Si. The molecule has 8 nitrogen and oxygen atoms in total. The molecule has 0 saturated carbocycles. The molecule has 1 aromatic heterocycles. The summed E-state index contributed by atoms with van der Waals surface area (Å²) >= 11 is 0. The molecule has 0 bridgehead atoms. The molecule has 3 aromatic carbocycles. The maximum absolute atomic E-state index is 13.7. The topological polar surface area (TPSA) is 109 Å². The molecule has 3 heterocycles. The molecule has 272 valence electrons. The van der Waals surface area contributed by atoms with Gasteiger partial charge in [-0.15, -0.1) is 0 Å². The van der Waals surface area contributed by atoms with Gasteiger partial charge in [0, 0.05) is 13.2 Å². The zero-order valence-electron chi connectivity index (χ0n) is 30.8. The van der Waals surface area contributed by atoms with E-state index in [1.807, 2.05) is 42.5 Å². The standard InChI is InChI=1S/C43H47BN2O6Si/c1-43(2,3)53(33-13-7-5-8-14-33,34-15-9-6-10-16-34)51-28-31-26-35-40(42(49)46(4)41(35)48)36-27-44(50)52-38(39(31)36)23-20-30(37-17-11-12-24-45-37)25-29-18-21-32(47)22-19-29/h5-19,21-22,24-25,35-36,38,40,47,50H,20,23,26-28H2,1-4H3/b30-25-/t35-,36+,38-,40-/m1/s1. The Bertz CT molecular complexity index is 1960. The summed E-state index contributed by atoms with van der Waals surface area (Å²) < 4.78 is 13.9. The van der Waals surface area contributed by atoms with Crippen LogP contribution in [0.5, 0.6) is 5.75 Å². The molecule has 0 unspecified atom stereocenters. The van der Waals surface area contributed by atoms with E-state index in [4.69, 9.17) is 9.08 Å². The first-order valence-corrected chi connectivity index (χ1v) is 20.4. The maximum atomic E-state index is 13.7. The number of phenols is 1. The number of phenolic OH excluding ortho intramolecular Hbond substituents is 1. The van der Waals surface area contributed by atoms with Gasteiger partial charge in [-0.25, -0.2) is 0 Å².